The van der Waals surface area contributed by atoms with E-state index in [4.69, 9.17) is 0 Å². The van der Waals surface area contributed by atoms with E-state index in [1.165, 1.54) is 23.1 Å². The summed E-state index contributed by atoms with van der Waals surface area (Å²) >= 11 is 1.58. The predicted molar refractivity (Wildman–Crippen MR) is 115 cm³/mol. The fourth-order valence-corrected chi connectivity index (χ4v) is 3.82. The second kappa shape index (κ2) is 9.07. The molecule has 150 valence electrons. The van der Waals surface area contributed by atoms with Gasteiger partial charge in [-0.15, -0.1) is 0 Å². The quantitative estimate of drug-likeness (QED) is 0.396. The number of rotatable bonds is 8. The zero-order chi connectivity index (χ0) is 20.3. The molecule has 0 aliphatic heterocycles. The molecule has 0 amide bonds. The Labute approximate surface area is 170 Å². The minimum atomic E-state index is -0.558. The van der Waals surface area contributed by atoms with Crippen LogP contribution < -0.4 is 4.72 Å². The van der Waals surface area contributed by atoms with Gasteiger partial charge < -0.3 is 4.57 Å². The third-order valence-corrected chi connectivity index (χ3v) is 5.16. The molecular formula is C22H27F2N3S. The molecule has 0 saturated heterocycles. The first-order valence-corrected chi connectivity index (χ1v) is 10.3. The van der Waals surface area contributed by atoms with E-state index < -0.39 is 11.6 Å². The molecule has 0 saturated carbocycles. The highest BCUT2D eigenvalue weighted by Crippen LogP contribution is 2.29. The Hall–Kier alpha value is -1.89. The van der Waals surface area contributed by atoms with Crippen molar-refractivity contribution in [1.29, 1.82) is 0 Å². The summed E-state index contributed by atoms with van der Waals surface area (Å²) in [5, 5.41) is 1.19. The zero-order valence-electron chi connectivity index (χ0n) is 16.8. The van der Waals surface area contributed by atoms with Crippen molar-refractivity contribution in [3.8, 4) is 11.1 Å². The molecule has 0 spiro atoms. The third kappa shape index (κ3) is 5.13. The maximum Gasteiger partial charge on any atom is 0.126 e. The van der Waals surface area contributed by atoms with E-state index in [0.717, 1.165) is 36.7 Å². The maximum atomic E-state index is 13.7. The minimum absolute atomic E-state index is 0.501. The van der Waals surface area contributed by atoms with Crippen molar-refractivity contribution >= 4 is 23.0 Å². The molecular weight excluding hydrogens is 376 g/mol. The van der Waals surface area contributed by atoms with Crippen LogP contribution in [0.1, 0.15) is 19.4 Å². The first kappa shape index (κ1) is 20.8. The molecule has 1 heterocycles. The average molecular weight is 404 g/mol. The van der Waals surface area contributed by atoms with Gasteiger partial charge >= 0.3 is 0 Å². The van der Waals surface area contributed by atoms with Gasteiger partial charge in [0.25, 0.3) is 0 Å². The summed E-state index contributed by atoms with van der Waals surface area (Å²) < 4.78 is 34.9. The van der Waals surface area contributed by atoms with Crippen LogP contribution in [0.3, 0.4) is 0 Å². The van der Waals surface area contributed by atoms with Crippen LogP contribution in [0.25, 0.3) is 22.0 Å². The number of aromatic nitrogens is 1. The van der Waals surface area contributed by atoms with E-state index in [1.54, 1.807) is 12.1 Å². The molecule has 28 heavy (non-hydrogen) atoms. The Morgan fingerprint density at radius 1 is 1.04 bits per heavy atom. The molecule has 0 unspecified atom stereocenters. The van der Waals surface area contributed by atoms with Gasteiger partial charge in [0.1, 0.15) is 11.6 Å². The summed E-state index contributed by atoms with van der Waals surface area (Å²) in [6.45, 7) is 6.14. The highest BCUT2D eigenvalue weighted by atomic mass is 32.2. The van der Waals surface area contributed by atoms with Crippen LogP contribution in [-0.2, 0) is 13.0 Å². The number of hydrogen-bond donors (Lipinski definition) is 1. The SMILES string of the molecule is CC(C)Cn1cc(CCNSN(C)C)c2ccc(-c3cc(F)cc(F)c3)cc21. The van der Waals surface area contributed by atoms with Crippen LogP contribution in [0.4, 0.5) is 8.78 Å². The lowest BCUT2D eigenvalue weighted by Gasteiger charge is -2.09. The molecule has 0 fully saturated rings. The number of nitrogens with one attached hydrogen (secondary N) is 1. The van der Waals surface area contributed by atoms with Crippen LogP contribution in [0.5, 0.6) is 0 Å². The summed E-state index contributed by atoms with van der Waals surface area (Å²) in [4.78, 5) is 0. The number of fused-ring (bicyclic) bond motifs is 1. The molecule has 2 aromatic carbocycles. The van der Waals surface area contributed by atoms with Gasteiger partial charge in [0.15, 0.2) is 0 Å². The van der Waals surface area contributed by atoms with Crippen LogP contribution in [0.2, 0.25) is 0 Å². The Bertz CT molecular complexity index is 930. The summed E-state index contributed by atoms with van der Waals surface area (Å²) in [6, 6.07) is 9.71. The average Bonchev–Trinajstić information content (AvgIpc) is 2.94. The van der Waals surface area contributed by atoms with E-state index in [9.17, 15) is 8.78 Å². The smallest absolute Gasteiger partial charge is 0.126 e. The van der Waals surface area contributed by atoms with Gasteiger partial charge in [-0.3, -0.25) is 4.72 Å². The van der Waals surface area contributed by atoms with Crippen molar-refractivity contribution in [2.75, 3.05) is 20.6 Å². The van der Waals surface area contributed by atoms with Crippen molar-refractivity contribution in [1.82, 2.24) is 13.6 Å². The monoisotopic (exact) mass is 403 g/mol. The second-order valence-corrected chi connectivity index (χ2v) is 8.84. The second-order valence-electron chi connectivity index (χ2n) is 7.64. The molecule has 1 N–H and O–H groups in total. The van der Waals surface area contributed by atoms with Gasteiger partial charge in [-0.25, -0.2) is 13.1 Å². The molecule has 0 aliphatic rings. The number of benzene rings is 2. The molecule has 0 radical (unpaired) electrons. The third-order valence-electron chi connectivity index (χ3n) is 4.47. The molecule has 0 aliphatic carbocycles. The molecule has 3 nitrogen and oxygen atoms in total. The van der Waals surface area contributed by atoms with E-state index in [0.29, 0.717) is 11.5 Å². The molecule has 1 aromatic heterocycles. The van der Waals surface area contributed by atoms with Crippen LogP contribution >= 0.6 is 12.1 Å². The number of nitrogens with zero attached hydrogens (tertiary/aromatic N) is 2. The van der Waals surface area contributed by atoms with E-state index >= 15 is 0 Å². The van der Waals surface area contributed by atoms with E-state index in [1.807, 2.05) is 30.5 Å². The molecule has 0 bridgehead atoms. The van der Waals surface area contributed by atoms with Crippen molar-refractivity contribution in [3.63, 3.8) is 0 Å². The topological polar surface area (TPSA) is 20.2 Å². The first-order valence-electron chi connectivity index (χ1n) is 9.49. The van der Waals surface area contributed by atoms with Crippen LogP contribution in [0.15, 0.2) is 42.6 Å². The summed E-state index contributed by atoms with van der Waals surface area (Å²) in [5.41, 5.74) is 3.76. The highest BCUT2D eigenvalue weighted by Gasteiger charge is 2.12. The molecule has 3 rings (SSSR count). The Morgan fingerprint density at radius 2 is 1.75 bits per heavy atom. The lowest BCUT2D eigenvalue weighted by molar-refractivity contribution is 0.534. The van der Waals surface area contributed by atoms with Gasteiger partial charge in [0.05, 0.1) is 0 Å². The van der Waals surface area contributed by atoms with Crippen molar-refractivity contribution in [3.05, 3.63) is 59.8 Å². The number of halogens is 2. The fourth-order valence-electron chi connectivity index (χ4n) is 3.37. The van der Waals surface area contributed by atoms with Gasteiger partial charge in [0, 0.05) is 48.4 Å². The Morgan fingerprint density at radius 3 is 2.39 bits per heavy atom. The van der Waals surface area contributed by atoms with E-state index in [-0.39, 0.29) is 0 Å². The summed E-state index contributed by atoms with van der Waals surface area (Å²) in [6.07, 6.45) is 3.12. The lowest BCUT2D eigenvalue weighted by atomic mass is 10.0. The Balaban J connectivity index is 1.96. The summed E-state index contributed by atoms with van der Waals surface area (Å²) in [7, 11) is 4.01. The lowest BCUT2D eigenvalue weighted by Crippen LogP contribution is -2.15. The zero-order valence-corrected chi connectivity index (χ0v) is 17.6. The largest absolute Gasteiger partial charge is 0.347 e. The van der Waals surface area contributed by atoms with Gasteiger partial charge in [-0.2, -0.15) is 0 Å². The fraction of sp³-hybridized carbons (Fsp3) is 0.364. The molecule has 3 aromatic rings. The van der Waals surface area contributed by atoms with Gasteiger partial charge in [-0.1, -0.05) is 26.0 Å². The first-order chi connectivity index (χ1) is 13.3. The van der Waals surface area contributed by atoms with Crippen molar-refractivity contribution < 1.29 is 8.78 Å². The van der Waals surface area contributed by atoms with Gasteiger partial charge in [-0.05, 0) is 61.3 Å². The normalized spacial score (nSPS) is 11.9. The molecule has 0 atom stereocenters. The van der Waals surface area contributed by atoms with Crippen LogP contribution in [-0.4, -0.2) is 29.5 Å². The van der Waals surface area contributed by atoms with Crippen molar-refractivity contribution in [2.24, 2.45) is 5.92 Å². The standard InChI is InChI=1S/C22H27F2N3S/c1-15(2)13-27-14-17(7-8-25-28-26(3)4)21-6-5-16(11-22(21)27)18-9-19(23)12-20(24)10-18/h5-6,9-12,14-15,25H,7-8,13H2,1-4H3. The minimum Gasteiger partial charge on any atom is -0.347 e. The van der Waals surface area contributed by atoms with Crippen LogP contribution in [0, 0.1) is 17.6 Å². The van der Waals surface area contributed by atoms with E-state index in [2.05, 4.69) is 35.4 Å². The molecule has 6 heteroatoms. The highest BCUT2D eigenvalue weighted by molar-refractivity contribution is 7.95. The Kier molecular flexibility index (Phi) is 6.75. The maximum absolute atomic E-state index is 13.7. The number of hydrogen-bond acceptors (Lipinski definition) is 3. The predicted octanol–water partition coefficient (Wildman–Crippen LogP) is 5.50. The van der Waals surface area contributed by atoms with Crippen molar-refractivity contribution in [2.45, 2.75) is 26.8 Å². The van der Waals surface area contributed by atoms with Gasteiger partial charge in [0.2, 0.25) is 0 Å². The summed E-state index contributed by atoms with van der Waals surface area (Å²) in [5.74, 6) is -0.614.